The molecule has 22 heavy (non-hydrogen) atoms. The van der Waals surface area contributed by atoms with E-state index >= 15 is 0 Å². The number of carbonyl (C=O) groups is 1. The first-order valence-corrected chi connectivity index (χ1v) is 6.13. The zero-order chi connectivity index (χ0) is 16.4. The van der Waals surface area contributed by atoms with E-state index in [1.165, 1.54) is 24.3 Å². The van der Waals surface area contributed by atoms with Gasteiger partial charge in [-0.2, -0.15) is 0 Å². The Kier molecular flexibility index (Phi) is 4.65. The number of esters is 1. The maximum atomic E-state index is 13.4. The number of hydrogen-bond donors (Lipinski definition) is 0. The minimum Gasteiger partial charge on any atom is -0.457 e. The smallest absolute Gasteiger partial charge is 0.338 e. The molecule has 0 heterocycles. The Labute approximate surface area is 126 Å². The summed E-state index contributed by atoms with van der Waals surface area (Å²) in [5.74, 6) is -11.6. The molecule has 0 N–H and O–H groups in total. The molecule has 0 saturated heterocycles. The Hall–Kier alpha value is -2.15. The lowest BCUT2D eigenvalue weighted by atomic mass is 10.2. The summed E-state index contributed by atoms with van der Waals surface area (Å²) in [6.07, 6.45) is 0. The van der Waals surface area contributed by atoms with Gasteiger partial charge in [-0.15, -0.1) is 0 Å². The highest BCUT2D eigenvalue weighted by Crippen LogP contribution is 2.24. The molecule has 116 valence electrons. The van der Waals surface area contributed by atoms with Gasteiger partial charge in [0.1, 0.15) is 6.61 Å². The van der Waals surface area contributed by atoms with Crippen LogP contribution >= 0.6 is 11.6 Å². The van der Waals surface area contributed by atoms with Gasteiger partial charge in [0.15, 0.2) is 23.3 Å². The van der Waals surface area contributed by atoms with Crippen LogP contribution in [0.4, 0.5) is 22.0 Å². The maximum absolute atomic E-state index is 13.4. The lowest BCUT2D eigenvalue weighted by Gasteiger charge is -2.09. The molecule has 0 amide bonds. The van der Waals surface area contributed by atoms with Gasteiger partial charge in [-0.3, -0.25) is 0 Å². The van der Waals surface area contributed by atoms with E-state index in [4.69, 9.17) is 11.6 Å². The summed E-state index contributed by atoms with van der Waals surface area (Å²) in [4.78, 5) is 11.6. The summed E-state index contributed by atoms with van der Waals surface area (Å²) in [5.41, 5.74) is -1.26. The zero-order valence-electron chi connectivity index (χ0n) is 10.6. The summed E-state index contributed by atoms with van der Waals surface area (Å²) in [7, 11) is 0. The molecule has 0 fully saturated rings. The molecule has 2 aromatic rings. The third kappa shape index (κ3) is 3.04. The second kappa shape index (κ2) is 6.31. The topological polar surface area (TPSA) is 26.3 Å². The molecule has 0 aliphatic rings. The number of carbonyl (C=O) groups excluding carboxylic acids is 1. The average Bonchev–Trinajstić information content (AvgIpc) is 2.50. The first-order chi connectivity index (χ1) is 10.3. The second-order valence-electron chi connectivity index (χ2n) is 4.13. The van der Waals surface area contributed by atoms with Crippen LogP contribution in [0, 0.1) is 29.1 Å². The molecule has 8 heteroatoms. The molecule has 0 aliphatic carbocycles. The van der Waals surface area contributed by atoms with Gasteiger partial charge in [0.2, 0.25) is 5.82 Å². The highest BCUT2D eigenvalue weighted by molar-refractivity contribution is 6.30. The Morgan fingerprint density at radius 2 is 1.50 bits per heavy atom. The summed E-state index contributed by atoms with van der Waals surface area (Å²) in [6, 6.07) is 5.44. The van der Waals surface area contributed by atoms with Crippen LogP contribution in [-0.4, -0.2) is 5.97 Å². The minimum absolute atomic E-state index is 0.0311. The average molecular weight is 337 g/mol. The van der Waals surface area contributed by atoms with Crippen molar-refractivity contribution in [1.29, 1.82) is 0 Å². The van der Waals surface area contributed by atoms with E-state index in [2.05, 4.69) is 4.74 Å². The monoisotopic (exact) mass is 336 g/mol. The van der Waals surface area contributed by atoms with Crippen molar-refractivity contribution < 1.29 is 31.5 Å². The van der Waals surface area contributed by atoms with Gasteiger partial charge in [0.05, 0.1) is 11.1 Å². The number of rotatable bonds is 3. The molecule has 0 radical (unpaired) electrons. The van der Waals surface area contributed by atoms with Crippen LogP contribution in [-0.2, 0) is 11.3 Å². The quantitative estimate of drug-likeness (QED) is 0.359. The van der Waals surface area contributed by atoms with E-state index in [-0.39, 0.29) is 10.6 Å². The fourth-order valence-electron chi connectivity index (χ4n) is 1.61. The van der Waals surface area contributed by atoms with Crippen molar-refractivity contribution in [3.8, 4) is 0 Å². The Morgan fingerprint density at radius 3 is 2.05 bits per heavy atom. The third-order valence-electron chi connectivity index (χ3n) is 2.71. The number of halogens is 6. The fraction of sp³-hybridized carbons (Fsp3) is 0.0714. The predicted octanol–water partition coefficient (Wildman–Crippen LogP) is 4.39. The third-order valence-corrected chi connectivity index (χ3v) is 2.94. The lowest BCUT2D eigenvalue weighted by molar-refractivity contribution is 0.0462. The van der Waals surface area contributed by atoms with Gasteiger partial charge in [-0.25, -0.2) is 26.7 Å². The standard InChI is InChI=1S/C14H6ClF5O2/c15-7-3-1-2-6(4-7)14(21)22-5-8-9(16)11(18)13(20)12(19)10(8)17/h1-4H,5H2. The minimum atomic E-state index is -2.28. The first-order valence-electron chi connectivity index (χ1n) is 5.76. The summed E-state index contributed by atoms with van der Waals surface area (Å²) >= 11 is 5.65. The van der Waals surface area contributed by atoms with E-state index < -0.39 is 47.2 Å². The summed E-state index contributed by atoms with van der Waals surface area (Å²) in [5, 5.41) is 0.214. The SMILES string of the molecule is O=C(OCc1c(F)c(F)c(F)c(F)c1F)c1cccc(Cl)c1. The van der Waals surface area contributed by atoms with E-state index in [1.54, 1.807) is 0 Å². The normalized spacial score (nSPS) is 10.6. The van der Waals surface area contributed by atoms with E-state index in [1.807, 2.05) is 0 Å². The molecular weight excluding hydrogens is 331 g/mol. The van der Waals surface area contributed by atoms with Crippen molar-refractivity contribution in [3.05, 3.63) is 69.5 Å². The molecule has 0 saturated carbocycles. The van der Waals surface area contributed by atoms with Crippen molar-refractivity contribution in [2.45, 2.75) is 6.61 Å². The number of benzene rings is 2. The highest BCUT2D eigenvalue weighted by atomic mass is 35.5. The zero-order valence-corrected chi connectivity index (χ0v) is 11.4. The molecule has 0 unspecified atom stereocenters. The number of ether oxygens (including phenoxy) is 1. The Balaban J connectivity index is 2.24. The van der Waals surface area contributed by atoms with Gasteiger partial charge >= 0.3 is 5.97 Å². The van der Waals surface area contributed by atoms with Crippen molar-refractivity contribution in [2.24, 2.45) is 0 Å². The van der Waals surface area contributed by atoms with Crippen LogP contribution in [0.25, 0.3) is 0 Å². The van der Waals surface area contributed by atoms with Gasteiger partial charge in [0.25, 0.3) is 0 Å². The van der Waals surface area contributed by atoms with Crippen LogP contribution in [0.2, 0.25) is 5.02 Å². The van der Waals surface area contributed by atoms with Crippen molar-refractivity contribution in [2.75, 3.05) is 0 Å². The van der Waals surface area contributed by atoms with Gasteiger partial charge in [0, 0.05) is 5.02 Å². The van der Waals surface area contributed by atoms with E-state index in [0.717, 1.165) is 0 Å². The molecular formula is C14H6ClF5O2. The molecule has 2 rings (SSSR count). The van der Waals surface area contributed by atoms with Crippen LogP contribution in [0.1, 0.15) is 15.9 Å². The van der Waals surface area contributed by atoms with Crippen LogP contribution in [0.3, 0.4) is 0 Å². The summed E-state index contributed by atoms with van der Waals surface area (Å²) in [6.45, 7) is -1.11. The molecule has 0 atom stereocenters. The number of hydrogen-bond acceptors (Lipinski definition) is 2. The molecule has 2 aromatic carbocycles. The van der Waals surface area contributed by atoms with Crippen molar-refractivity contribution in [1.82, 2.24) is 0 Å². The van der Waals surface area contributed by atoms with E-state index in [9.17, 15) is 26.7 Å². The second-order valence-corrected chi connectivity index (χ2v) is 4.57. The van der Waals surface area contributed by atoms with Crippen LogP contribution < -0.4 is 0 Å². The van der Waals surface area contributed by atoms with Gasteiger partial charge < -0.3 is 4.74 Å². The molecule has 0 spiro atoms. The predicted molar refractivity (Wildman–Crippen MR) is 66.8 cm³/mol. The highest BCUT2D eigenvalue weighted by Gasteiger charge is 2.26. The first kappa shape index (κ1) is 16.2. The molecule has 0 aromatic heterocycles. The van der Waals surface area contributed by atoms with Gasteiger partial charge in [-0.05, 0) is 18.2 Å². The molecule has 0 bridgehead atoms. The van der Waals surface area contributed by atoms with Gasteiger partial charge in [-0.1, -0.05) is 17.7 Å². The van der Waals surface area contributed by atoms with Crippen molar-refractivity contribution in [3.63, 3.8) is 0 Å². The Bertz CT molecular complexity index is 719. The molecule has 0 aliphatic heterocycles. The van der Waals surface area contributed by atoms with Crippen LogP contribution in [0.5, 0.6) is 0 Å². The van der Waals surface area contributed by atoms with E-state index in [0.29, 0.717) is 0 Å². The van der Waals surface area contributed by atoms with Crippen molar-refractivity contribution >= 4 is 17.6 Å². The maximum Gasteiger partial charge on any atom is 0.338 e. The lowest BCUT2D eigenvalue weighted by Crippen LogP contribution is -2.11. The Morgan fingerprint density at radius 1 is 0.955 bits per heavy atom. The summed E-state index contributed by atoms with van der Waals surface area (Å²) < 4.78 is 70.1. The van der Waals surface area contributed by atoms with Crippen LogP contribution in [0.15, 0.2) is 24.3 Å². The fourth-order valence-corrected chi connectivity index (χ4v) is 1.80. The molecule has 2 nitrogen and oxygen atoms in total. The largest absolute Gasteiger partial charge is 0.457 e.